The molecule has 3 aromatic rings. The number of nitrogens with zero attached hydrogens (tertiary/aromatic N) is 1. The summed E-state index contributed by atoms with van der Waals surface area (Å²) in [5.41, 5.74) is 7.39. The third-order valence-electron chi connectivity index (χ3n) is 2.59. The fraction of sp³-hybridized carbons (Fsp3) is 0.0714. The van der Waals surface area contributed by atoms with Crippen molar-refractivity contribution in [2.75, 3.05) is 5.73 Å². The molecule has 3 rings (SSSR count). The highest BCUT2D eigenvalue weighted by molar-refractivity contribution is 7.98. The van der Waals surface area contributed by atoms with Gasteiger partial charge in [-0.3, -0.25) is 0 Å². The number of hydrogen-bond donors (Lipinski definition) is 1. The molecule has 0 saturated carbocycles. The monoisotopic (exact) mass is 288 g/mol. The van der Waals surface area contributed by atoms with Crippen LogP contribution in [0.4, 0.5) is 5.69 Å². The van der Waals surface area contributed by atoms with Crippen LogP contribution in [0.3, 0.4) is 0 Å². The molecule has 0 amide bonds. The largest absolute Gasteiger partial charge is 0.399 e. The number of nitrogens with two attached hydrogens (primary N) is 1. The van der Waals surface area contributed by atoms with Crippen LogP contribution in [0, 0.1) is 0 Å². The second-order valence-electron chi connectivity index (χ2n) is 4.02. The highest BCUT2D eigenvalue weighted by Crippen LogP contribution is 2.28. The van der Waals surface area contributed by atoms with E-state index in [2.05, 4.69) is 5.16 Å². The summed E-state index contributed by atoms with van der Waals surface area (Å²) in [5.74, 6) is 1.63. The van der Waals surface area contributed by atoms with Crippen LogP contribution in [-0.4, -0.2) is 5.16 Å². The van der Waals surface area contributed by atoms with E-state index in [1.54, 1.807) is 23.1 Å². The summed E-state index contributed by atoms with van der Waals surface area (Å²) < 4.78 is 5.34. The van der Waals surface area contributed by atoms with Crippen molar-refractivity contribution in [3.8, 4) is 10.6 Å². The molecule has 3 nitrogen and oxygen atoms in total. The summed E-state index contributed by atoms with van der Waals surface area (Å²) in [6.45, 7) is 0. The zero-order valence-electron chi connectivity index (χ0n) is 10.1. The zero-order chi connectivity index (χ0) is 13.1. The van der Waals surface area contributed by atoms with Crippen molar-refractivity contribution in [1.29, 1.82) is 0 Å². The summed E-state index contributed by atoms with van der Waals surface area (Å²) in [4.78, 5) is 2.28. The fourth-order valence-electron chi connectivity index (χ4n) is 1.64. The zero-order valence-corrected chi connectivity index (χ0v) is 11.7. The van der Waals surface area contributed by atoms with Crippen LogP contribution >= 0.6 is 23.1 Å². The molecule has 0 aliphatic rings. The van der Waals surface area contributed by atoms with E-state index in [0.717, 1.165) is 27.8 Å². The molecule has 0 bridgehead atoms. The van der Waals surface area contributed by atoms with Crippen molar-refractivity contribution in [1.82, 2.24) is 5.16 Å². The van der Waals surface area contributed by atoms with Gasteiger partial charge in [-0.05, 0) is 35.7 Å². The van der Waals surface area contributed by atoms with E-state index in [-0.39, 0.29) is 0 Å². The average Bonchev–Trinajstić information content (AvgIpc) is 3.09. The molecule has 0 radical (unpaired) electrons. The first kappa shape index (κ1) is 12.3. The van der Waals surface area contributed by atoms with Crippen LogP contribution < -0.4 is 5.73 Å². The van der Waals surface area contributed by atoms with Gasteiger partial charge in [0.2, 0.25) is 0 Å². The van der Waals surface area contributed by atoms with Gasteiger partial charge in [0.05, 0.1) is 10.6 Å². The number of benzene rings is 1. The van der Waals surface area contributed by atoms with Crippen LogP contribution in [-0.2, 0) is 5.75 Å². The van der Waals surface area contributed by atoms with E-state index in [1.165, 1.54) is 4.90 Å². The van der Waals surface area contributed by atoms with Crippen molar-refractivity contribution < 1.29 is 4.52 Å². The fourth-order valence-corrected chi connectivity index (χ4v) is 3.09. The Hall–Kier alpha value is -1.72. The number of nitrogen functional groups attached to an aromatic ring is 1. The first-order valence-corrected chi connectivity index (χ1v) is 7.65. The topological polar surface area (TPSA) is 52.0 Å². The number of rotatable bonds is 4. The second-order valence-corrected chi connectivity index (χ2v) is 6.01. The first-order chi connectivity index (χ1) is 9.31. The summed E-state index contributed by atoms with van der Waals surface area (Å²) >= 11 is 3.37. The average molecular weight is 288 g/mol. The predicted octanol–water partition coefficient (Wildman–Crippen LogP) is 4.28. The molecule has 19 heavy (non-hydrogen) atoms. The summed E-state index contributed by atoms with van der Waals surface area (Å²) in [7, 11) is 0. The highest BCUT2D eigenvalue weighted by Gasteiger charge is 2.07. The predicted molar refractivity (Wildman–Crippen MR) is 80.2 cm³/mol. The summed E-state index contributed by atoms with van der Waals surface area (Å²) in [6, 6.07) is 13.9. The Morgan fingerprint density at radius 2 is 2.05 bits per heavy atom. The van der Waals surface area contributed by atoms with Gasteiger partial charge in [-0.25, -0.2) is 0 Å². The van der Waals surface area contributed by atoms with E-state index in [1.807, 2.05) is 47.8 Å². The van der Waals surface area contributed by atoms with Gasteiger partial charge in [0, 0.05) is 22.4 Å². The Kier molecular flexibility index (Phi) is 3.57. The second kappa shape index (κ2) is 5.50. The van der Waals surface area contributed by atoms with Gasteiger partial charge in [-0.2, -0.15) is 0 Å². The first-order valence-electron chi connectivity index (χ1n) is 5.79. The van der Waals surface area contributed by atoms with E-state index in [9.17, 15) is 0 Å². The molecule has 2 heterocycles. The molecule has 96 valence electrons. The van der Waals surface area contributed by atoms with Gasteiger partial charge in [0.1, 0.15) is 0 Å². The molecule has 0 aliphatic carbocycles. The Morgan fingerprint density at radius 1 is 1.21 bits per heavy atom. The van der Waals surface area contributed by atoms with Gasteiger partial charge in [-0.1, -0.05) is 11.2 Å². The molecule has 0 unspecified atom stereocenters. The van der Waals surface area contributed by atoms with Crippen molar-refractivity contribution in [2.24, 2.45) is 0 Å². The Balaban J connectivity index is 1.66. The number of aromatic nitrogens is 1. The number of anilines is 1. The third kappa shape index (κ3) is 3.00. The van der Waals surface area contributed by atoms with Gasteiger partial charge in [0.15, 0.2) is 5.76 Å². The normalized spacial score (nSPS) is 10.7. The lowest BCUT2D eigenvalue weighted by atomic mass is 10.3. The van der Waals surface area contributed by atoms with Crippen LogP contribution in [0.2, 0.25) is 0 Å². The number of hydrogen-bond acceptors (Lipinski definition) is 5. The van der Waals surface area contributed by atoms with E-state index in [4.69, 9.17) is 10.3 Å². The maximum Gasteiger partial charge on any atom is 0.177 e. The Labute approximate surface area is 119 Å². The maximum absolute atomic E-state index is 5.66. The van der Waals surface area contributed by atoms with Crippen LogP contribution in [0.25, 0.3) is 10.6 Å². The van der Waals surface area contributed by atoms with Crippen molar-refractivity contribution >= 4 is 28.8 Å². The summed E-state index contributed by atoms with van der Waals surface area (Å²) in [6.07, 6.45) is 0. The van der Waals surface area contributed by atoms with Gasteiger partial charge < -0.3 is 10.3 Å². The molecule has 2 N–H and O–H groups in total. The molecule has 1 aromatic carbocycles. The van der Waals surface area contributed by atoms with E-state index in [0.29, 0.717) is 0 Å². The standard InChI is InChI=1S/C14H12N2OS2/c15-10-3-5-12(6-4-10)19-9-11-8-13(17-16-11)14-2-1-7-18-14/h1-8H,9,15H2. The lowest BCUT2D eigenvalue weighted by molar-refractivity contribution is 0.427. The van der Waals surface area contributed by atoms with Crippen molar-refractivity contribution in [3.63, 3.8) is 0 Å². The van der Waals surface area contributed by atoms with Crippen LogP contribution in [0.15, 0.2) is 57.3 Å². The molecule has 0 aliphatic heterocycles. The Morgan fingerprint density at radius 3 is 2.79 bits per heavy atom. The molecule has 0 saturated heterocycles. The lowest BCUT2D eigenvalue weighted by Gasteiger charge is -1.98. The molecular formula is C14H12N2OS2. The summed E-state index contributed by atoms with van der Waals surface area (Å²) in [5, 5.41) is 6.12. The Bertz CT molecular complexity index is 644. The lowest BCUT2D eigenvalue weighted by Crippen LogP contribution is -1.83. The van der Waals surface area contributed by atoms with Gasteiger partial charge >= 0.3 is 0 Å². The van der Waals surface area contributed by atoms with Crippen molar-refractivity contribution in [3.05, 3.63) is 53.5 Å². The highest BCUT2D eigenvalue weighted by atomic mass is 32.2. The van der Waals surface area contributed by atoms with E-state index >= 15 is 0 Å². The minimum atomic E-state index is 0.783. The third-order valence-corrected chi connectivity index (χ3v) is 4.52. The van der Waals surface area contributed by atoms with Crippen LogP contribution in [0.5, 0.6) is 0 Å². The quantitative estimate of drug-likeness (QED) is 0.575. The minimum absolute atomic E-state index is 0.783. The van der Waals surface area contributed by atoms with Gasteiger partial charge in [-0.15, -0.1) is 23.1 Å². The number of thioether (sulfide) groups is 1. The molecule has 0 fully saturated rings. The molecule has 0 spiro atoms. The van der Waals surface area contributed by atoms with Crippen LogP contribution in [0.1, 0.15) is 5.69 Å². The van der Waals surface area contributed by atoms with Crippen molar-refractivity contribution in [2.45, 2.75) is 10.6 Å². The molecule has 2 aromatic heterocycles. The molecule has 0 atom stereocenters. The minimum Gasteiger partial charge on any atom is -0.399 e. The molecular weight excluding hydrogens is 276 g/mol. The maximum atomic E-state index is 5.66. The SMILES string of the molecule is Nc1ccc(SCc2cc(-c3cccs3)on2)cc1. The van der Waals surface area contributed by atoms with Gasteiger partial charge in [0.25, 0.3) is 0 Å². The van der Waals surface area contributed by atoms with E-state index < -0.39 is 0 Å². The smallest absolute Gasteiger partial charge is 0.177 e. The number of thiophene rings is 1. The molecule has 5 heteroatoms.